The van der Waals surface area contributed by atoms with Crippen molar-refractivity contribution in [1.29, 1.82) is 0 Å². The Morgan fingerprint density at radius 1 is 0.963 bits per heavy atom. The Morgan fingerprint density at radius 2 is 1.63 bits per heavy atom. The molecule has 3 aromatic carbocycles. The molecule has 0 unspecified atom stereocenters. The average Bonchev–Trinajstić information content (AvgIpc) is 2.66. The van der Waals surface area contributed by atoms with E-state index in [0.717, 1.165) is 11.1 Å². The van der Waals surface area contributed by atoms with Gasteiger partial charge in [0.15, 0.2) is 0 Å². The molecule has 0 aliphatic carbocycles. The number of para-hydroxylation sites is 1. The number of halogens is 2. The van der Waals surface area contributed by atoms with Crippen molar-refractivity contribution in [3.05, 3.63) is 105 Å². The summed E-state index contributed by atoms with van der Waals surface area (Å²) in [7, 11) is 0. The van der Waals surface area contributed by atoms with Crippen LogP contribution in [0.5, 0.6) is 5.75 Å². The zero-order valence-electron chi connectivity index (χ0n) is 14.3. The van der Waals surface area contributed by atoms with Gasteiger partial charge in [-0.1, -0.05) is 87.0 Å². The van der Waals surface area contributed by atoms with Crippen molar-refractivity contribution in [3.8, 4) is 5.75 Å². The average molecular weight is 488 g/mol. The Bertz CT molecular complexity index is 998. The van der Waals surface area contributed by atoms with E-state index >= 15 is 0 Å². The second-order valence-corrected chi connectivity index (χ2v) is 7.63. The fourth-order valence-electron chi connectivity index (χ4n) is 2.76. The Labute approximate surface area is 174 Å². The van der Waals surface area contributed by atoms with E-state index in [1.165, 1.54) is 0 Å². The van der Waals surface area contributed by atoms with Crippen LogP contribution in [0.15, 0.2) is 82.3 Å². The van der Waals surface area contributed by atoms with Gasteiger partial charge in [-0.15, -0.1) is 0 Å². The van der Waals surface area contributed by atoms with E-state index in [-0.39, 0.29) is 5.56 Å². The molecule has 0 aliphatic rings. The minimum atomic E-state index is -1.02. The lowest BCUT2D eigenvalue weighted by molar-refractivity contribution is 0.0696. The molecule has 0 spiro atoms. The molecular weight excluding hydrogens is 472 g/mol. The summed E-state index contributed by atoms with van der Waals surface area (Å²) >= 11 is 6.81. The van der Waals surface area contributed by atoms with E-state index in [4.69, 9.17) is 4.74 Å². The first-order valence-electron chi connectivity index (χ1n) is 8.15. The molecule has 0 saturated carbocycles. The van der Waals surface area contributed by atoms with Crippen LogP contribution in [-0.4, -0.2) is 11.1 Å². The molecule has 0 heterocycles. The number of benzene rings is 3. The third-order valence-electron chi connectivity index (χ3n) is 4.04. The largest absolute Gasteiger partial charge is 0.488 e. The Balaban J connectivity index is 1.98. The number of hydrogen-bond donors (Lipinski definition) is 1. The van der Waals surface area contributed by atoms with Gasteiger partial charge in [0.1, 0.15) is 12.4 Å². The van der Waals surface area contributed by atoms with Crippen LogP contribution >= 0.6 is 31.9 Å². The topological polar surface area (TPSA) is 46.5 Å². The van der Waals surface area contributed by atoms with Gasteiger partial charge < -0.3 is 9.84 Å². The number of carboxylic acid groups (broad SMARTS) is 1. The summed E-state index contributed by atoms with van der Waals surface area (Å²) in [6.07, 6.45) is 0. The van der Waals surface area contributed by atoms with Gasteiger partial charge in [0.25, 0.3) is 0 Å². The summed E-state index contributed by atoms with van der Waals surface area (Å²) in [5.74, 6) is -0.367. The van der Waals surface area contributed by atoms with Crippen molar-refractivity contribution in [2.75, 3.05) is 0 Å². The fraction of sp³-hybridized carbons (Fsp3) is 0.0455. The van der Waals surface area contributed by atoms with E-state index in [9.17, 15) is 9.90 Å². The molecule has 0 fully saturated rings. The number of aromatic carboxylic acids is 1. The number of carbonyl (C=O) groups is 1. The molecule has 0 aromatic heterocycles. The molecule has 0 atom stereocenters. The third-order valence-corrected chi connectivity index (χ3v) is 5.12. The highest BCUT2D eigenvalue weighted by Gasteiger charge is 2.20. The van der Waals surface area contributed by atoms with E-state index in [2.05, 4.69) is 38.4 Å². The van der Waals surface area contributed by atoms with Gasteiger partial charge in [0.05, 0.1) is 5.56 Å². The van der Waals surface area contributed by atoms with Gasteiger partial charge in [-0.05, 0) is 29.3 Å². The highest BCUT2D eigenvalue weighted by atomic mass is 79.9. The molecule has 5 heteroatoms. The predicted molar refractivity (Wildman–Crippen MR) is 114 cm³/mol. The van der Waals surface area contributed by atoms with Crippen LogP contribution in [-0.2, 0) is 6.61 Å². The van der Waals surface area contributed by atoms with Crippen LogP contribution in [0.3, 0.4) is 0 Å². The van der Waals surface area contributed by atoms with Crippen molar-refractivity contribution in [2.24, 2.45) is 0 Å². The lowest BCUT2D eigenvalue weighted by Gasteiger charge is -2.16. The SMILES string of the molecule is C=C(c1ccccc1OCc1ccccc1)c1c(Br)cc(Br)cc1C(=O)O. The van der Waals surface area contributed by atoms with Crippen LogP contribution in [0.2, 0.25) is 0 Å². The van der Waals surface area contributed by atoms with Crippen molar-refractivity contribution >= 4 is 43.4 Å². The van der Waals surface area contributed by atoms with Gasteiger partial charge in [-0.3, -0.25) is 0 Å². The standard InChI is InChI=1S/C22H16Br2O3/c1-14(21-18(22(25)26)11-16(23)12-19(21)24)17-9-5-6-10-20(17)27-13-15-7-3-2-4-8-15/h2-12H,1,13H2,(H,25,26). The number of rotatable bonds is 6. The lowest BCUT2D eigenvalue weighted by Crippen LogP contribution is -2.05. The molecule has 0 aliphatic heterocycles. The van der Waals surface area contributed by atoms with Crippen LogP contribution < -0.4 is 4.74 Å². The van der Waals surface area contributed by atoms with Gasteiger partial charge in [-0.2, -0.15) is 0 Å². The summed E-state index contributed by atoms with van der Waals surface area (Å²) in [6.45, 7) is 4.57. The molecule has 1 N–H and O–H groups in total. The molecule has 27 heavy (non-hydrogen) atoms. The molecule has 0 amide bonds. The summed E-state index contributed by atoms with van der Waals surface area (Å²) in [5.41, 5.74) is 3.07. The zero-order valence-corrected chi connectivity index (χ0v) is 17.5. The van der Waals surface area contributed by atoms with E-state index in [1.54, 1.807) is 12.1 Å². The zero-order chi connectivity index (χ0) is 19.4. The van der Waals surface area contributed by atoms with E-state index in [1.807, 2.05) is 54.6 Å². The fourth-order valence-corrected chi connectivity index (χ4v) is 4.23. The van der Waals surface area contributed by atoms with Crippen LogP contribution in [0.4, 0.5) is 0 Å². The van der Waals surface area contributed by atoms with Gasteiger partial charge in [0.2, 0.25) is 0 Å². The Kier molecular flexibility index (Phi) is 6.14. The summed E-state index contributed by atoms with van der Waals surface area (Å²) in [6, 6.07) is 20.7. The summed E-state index contributed by atoms with van der Waals surface area (Å²) in [5, 5.41) is 9.62. The number of ether oxygens (including phenoxy) is 1. The Hall–Kier alpha value is -2.37. The molecule has 3 nitrogen and oxygen atoms in total. The molecule has 0 bridgehead atoms. The number of carboxylic acids is 1. The first-order chi connectivity index (χ1) is 13.0. The minimum Gasteiger partial charge on any atom is -0.488 e. The second kappa shape index (κ2) is 8.55. The van der Waals surface area contributed by atoms with Crippen molar-refractivity contribution in [1.82, 2.24) is 0 Å². The normalized spacial score (nSPS) is 10.4. The highest BCUT2D eigenvalue weighted by molar-refractivity contribution is 9.11. The quantitative estimate of drug-likeness (QED) is 0.428. The molecule has 0 saturated heterocycles. The van der Waals surface area contributed by atoms with Crippen molar-refractivity contribution in [3.63, 3.8) is 0 Å². The maximum absolute atomic E-state index is 11.7. The summed E-state index contributed by atoms with van der Waals surface area (Å²) < 4.78 is 7.32. The Morgan fingerprint density at radius 3 is 2.33 bits per heavy atom. The monoisotopic (exact) mass is 486 g/mol. The smallest absolute Gasteiger partial charge is 0.336 e. The van der Waals surface area contributed by atoms with Crippen LogP contribution in [0.1, 0.15) is 27.0 Å². The maximum atomic E-state index is 11.7. The minimum absolute atomic E-state index is 0.166. The van der Waals surface area contributed by atoms with E-state index < -0.39 is 5.97 Å². The predicted octanol–water partition coefficient (Wildman–Crippen LogP) is 6.55. The summed E-state index contributed by atoms with van der Waals surface area (Å²) in [4.78, 5) is 11.7. The van der Waals surface area contributed by atoms with Crippen LogP contribution in [0.25, 0.3) is 5.57 Å². The van der Waals surface area contributed by atoms with Gasteiger partial charge >= 0.3 is 5.97 Å². The van der Waals surface area contributed by atoms with Gasteiger partial charge in [-0.25, -0.2) is 4.79 Å². The first-order valence-corrected chi connectivity index (χ1v) is 9.73. The highest BCUT2D eigenvalue weighted by Crippen LogP contribution is 2.37. The molecule has 3 rings (SSSR count). The second-order valence-electron chi connectivity index (χ2n) is 5.86. The maximum Gasteiger partial charge on any atom is 0.336 e. The number of hydrogen-bond acceptors (Lipinski definition) is 2. The van der Waals surface area contributed by atoms with Crippen molar-refractivity contribution in [2.45, 2.75) is 6.61 Å². The first kappa shape index (κ1) is 19.4. The molecule has 0 radical (unpaired) electrons. The van der Waals surface area contributed by atoms with Crippen LogP contribution in [0, 0.1) is 0 Å². The van der Waals surface area contributed by atoms with Gasteiger partial charge in [0, 0.05) is 20.1 Å². The molecule has 3 aromatic rings. The van der Waals surface area contributed by atoms with Crippen molar-refractivity contribution < 1.29 is 14.6 Å². The molecule has 136 valence electrons. The van der Waals surface area contributed by atoms with E-state index in [0.29, 0.717) is 32.4 Å². The third kappa shape index (κ3) is 4.49. The lowest BCUT2D eigenvalue weighted by atomic mass is 9.94. The molecular formula is C22H16Br2O3.